The quantitative estimate of drug-likeness (QED) is 0.746. The van der Waals surface area contributed by atoms with Crippen LogP contribution < -0.4 is 10.6 Å². The molecule has 1 aromatic carbocycles. The lowest BCUT2D eigenvalue weighted by Gasteiger charge is -2.31. The molecular weight excluding hydrogens is 308 g/mol. The number of benzene rings is 1. The van der Waals surface area contributed by atoms with Crippen LogP contribution in [0, 0.1) is 11.8 Å². The number of amides is 2. The highest BCUT2D eigenvalue weighted by atomic mass is 16.4. The molecular formula is C18H24N2O4. The van der Waals surface area contributed by atoms with Gasteiger partial charge in [0.1, 0.15) is 0 Å². The van der Waals surface area contributed by atoms with Gasteiger partial charge in [0.05, 0.1) is 11.8 Å². The summed E-state index contributed by atoms with van der Waals surface area (Å²) in [6, 6.07) is 6.60. The van der Waals surface area contributed by atoms with Crippen molar-refractivity contribution in [1.29, 1.82) is 0 Å². The molecule has 1 saturated carbocycles. The van der Waals surface area contributed by atoms with Gasteiger partial charge < -0.3 is 15.7 Å². The molecule has 0 radical (unpaired) electrons. The topological polar surface area (TPSA) is 95.5 Å². The van der Waals surface area contributed by atoms with Crippen molar-refractivity contribution in [2.45, 2.75) is 45.6 Å². The van der Waals surface area contributed by atoms with Gasteiger partial charge in [-0.15, -0.1) is 0 Å². The first-order valence-corrected chi connectivity index (χ1v) is 8.20. The van der Waals surface area contributed by atoms with Gasteiger partial charge in [0.25, 0.3) is 5.91 Å². The normalized spacial score (nSPS) is 20.0. The van der Waals surface area contributed by atoms with E-state index in [4.69, 9.17) is 5.11 Å². The van der Waals surface area contributed by atoms with E-state index in [2.05, 4.69) is 10.6 Å². The van der Waals surface area contributed by atoms with Crippen LogP contribution in [0.5, 0.6) is 0 Å². The van der Waals surface area contributed by atoms with Gasteiger partial charge in [-0.2, -0.15) is 0 Å². The van der Waals surface area contributed by atoms with E-state index in [1.54, 1.807) is 24.3 Å². The first-order valence-electron chi connectivity index (χ1n) is 8.20. The third kappa shape index (κ3) is 4.13. The Morgan fingerprint density at radius 3 is 2.17 bits per heavy atom. The molecule has 0 saturated heterocycles. The lowest BCUT2D eigenvalue weighted by molar-refractivity contribution is -0.151. The van der Waals surface area contributed by atoms with E-state index in [0.29, 0.717) is 24.1 Å². The summed E-state index contributed by atoms with van der Waals surface area (Å²) in [5, 5.41) is 14.7. The Morgan fingerprint density at radius 2 is 1.71 bits per heavy atom. The van der Waals surface area contributed by atoms with Crippen molar-refractivity contribution in [3.63, 3.8) is 0 Å². The van der Waals surface area contributed by atoms with E-state index in [1.165, 1.54) is 0 Å². The maximum absolute atomic E-state index is 12.2. The van der Waals surface area contributed by atoms with E-state index in [-0.39, 0.29) is 17.4 Å². The Morgan fingerprint density at radius 1 is 1.12 bits per heavy atom. The molecule has 1 aliphatic rings. The van der Waals surface area contributed by atoms with Crippen molar-refractivity contribution in [3.05, 3.63) is 29.8 Å². The molecule has 1 aromatic rings. The average molecular weight is 332 g/mol. The van der Waals surface area contributed by atoms with Gasteiger partial charge in [-0.1, -0.05) is 6.92 Å². The van der Waals surface area contributed by atoms with Gasteiger partial charge in [-0.3, -0.25) is 14.4 Å². The number of anilines is 1. The van der Waals surface area contributed by atoms with Crippen LogP contribution in [-0.2, 0) is 9.59 Å². The Kier molecular flexibility index (Phi) is 5.26. The molecule has 2 atom stereocenters. The molecule has 24 heavy (non-hydrogen) atoms. The van der Waals surface area contributed by atoms with Crippen molar-refractivity contribution in [3.8, 4) is 0 Å². The fraction of sp³-hybridized carbons (Fsp3) is 0.500. The minimum atomic E-state index is -0.924. The second-order valence-corrected chi connectivity index (χ2v) is 6.89. The molecule has 0 aliphatic heterocycles. The smallest absolute Gasteiger partial charge is 0.307 e. The predicted molar refractivity (Wildman–Crippen MR) is 90.8 cm³/mol. The number of hydrogen-bond acceptors (Lipinski definition) is 3. The van der Waals surface area contributed by atoms with E-state index in [1.807, 2.05) is 20.8 Å². The fourth-order valence-corrected chi connectivity index (χ4v) is 2.52. The van der Waals surface area contributed by atoms with E-state index >= 15 is 0 Å². The van der Waals surface area contributed by atoms with Crippen molar-refractivity contribution in [2.75, 3.05) is 5.32 Å². The average Bonchev–Trinajstić information content (AvgIpc) is 2.45. The Hall–Kier alpha value is -2.37. The largest absolute Gasteiger partial charge is 0.481 e. The zero-order chi connectivity index (χ0) is 17.9. The number of carboxylic acid groups (broad SMARTS) is 1. The molecule has 130 valence electrons. The van der Waals surface area contributed by atoms with Gasteiger partial charge in [0.15, 0.2) is 0 Å². The van der Waals surface area contributed by atoms with E-state index in [0.717, 1.165) is 6.42 Å². The van der Waals surface area contributed by atoms with Crippen LogP contribution in [0.3, 0.4) is 0 Å². The molecule has 2 rings (SSSR count). The van der Waals surface area contributed by atoms with Gasteiger partial charge in [-0.25, -0.2) is 0 Å². The number of carboxylic acids is 1. The van der Waals surface area contributed by atoms with Crippen molar-refractivity contribution >= 4 is 23.5 Å². The monoisotopic (exact) mass is 332 g/mol. The molecule has 3 N–H and O–H groups in total. The zero-order valence-electron chi connectivity index (χ0n) is 14.3. The second-order valence-electron chi connectivity index (χ2n) is 6.89. The van der Waals surface area contributed by atoms with Crippen LogP contribution in [0.2, 0.25) is 0 Å². The highest BCUT2D eigenvalue weighted by Crippen LogP contribution is 2.35. The fourth-order valence-electron chi connectivity index (χ4n) is 2.52. The van der Waals surface area contributed by atoms with E-state index < -0.39 is 17.8 Å². The molecule has 0 aromatic heterocycles. The van der Waals surface area contributed by atoms with E-state index in [9.17, 15) is 14.4 Å². The zero-order valence-corrected chi connectivity index (χ0v) is 14.3. The summed E-state index contributed by atoms with van der Waals surface area (Å²) in [7, 11) is 0. The molecule has 0 spiro atoms. The number of carbonyl (C=O) groups is 3. The van der Waals surface area contributed by atoms with Crippen LogP contribution in [0.25, 0.3) is 0 Å². The third-order valence-electron chi connectivity index (χ3n) is 4.68. The van der Waals surface area contributed by atoms with Crippen LogP contribution in [0.4, 0.5) is 5.69 Å². The summed E-state index contributed by atoms with van der Waals surface area (Å²) in [6.45, 7) is 5.91. The van der Waals surface area contributed by atoms with Crippen molar-refractivity contribution < 1.29 is 19.5 Å². The van der Waals surface area contributed by atoms with Gasteiger partial charge >= 0.3 is 5.97 Å². The summed E-state index contributed by atoms with van der Waals surface area (Å²) < 4.78 is 0. The number of hydrogen-bond donors (Lipinski definition) is 3. The molecule has 2 unspecified atom stereocenters. The standard InChI is InChI=1S/C18H24N2O4/c1-4-18(2,3)20-15(21)11-5-7-12(8-6-11)19-16(22)13-9-10-14(13)17(23)24/h5-8,13-14H,4,9-10H2,1-3H3,(H,19,22)(H,20,21)(H,23,24). The second kappa shape index (κ2) is 7.03. The first kappa shape index (κ1) is 18.0. The molecule has 2 amide bonds. The molecule has 6 nitrogen and oxygen atoms in total. The van der Waals surface area contributed by atoms with Crippen LogP contribution in [0.15, 0.2) is 24.3 Å². The predicted octanol–water partition coefficient (Wildman–Crippen LogP) is 2.65. The lowest BCUT2D eigenvalue weighted by Crippen LogP contribution is -2.42. The Balaban J connectivity index is 1.96. The minimum absolute atomic E-state index is 0.162. The minimum Gasteiger partial charge on any atom is -0.481 e. The van der Waals surface area contributed by atoms with Gasteiger partial charge in [0, 0.05) is 16.8 Å². The SMILES string of the molecule is CCC(C)(C)NC(=O)c1ccc(NC(=O)C2CCC2C(=O)O)cc1. The summed E-state index contributed by atoms with van der Waals surface area (Å²) in [6.07, 6.45) is 1.95. The molecule has 0 bridgehead atoms. The summed E-state index contributed by atoms with van der Waals surface area (Å²) >= 11 is 0. The van der Waals surface area contributed by atoms with Gasteiger partial charge in [-0.05, 0) is 57.4 Å². The summed E-state index contributed by atoms with van der Waals surface area (Å²) in [5.41, 5.74) is 0.795. The van der Waals surface area contributed by atoms with Crippen molar-refractivity contribution in [1.82, 2.24) is 5.32 Å². The van der Waals surface area contributed by atoms with Crippen molar-refractivity contribution in [2.24, 2.45) is 11.8 Å². The lowest BCUT2D eigenvalue weighted by atomic mass is 9.73. The Bertz CT molecular complexity index is 637. The first-order chi connectivity index (χ1) is 11.2. The van der Waals surface area contributed by atoms with Crippen LogP contribution in [0.1, 0.15) is 50.4 Å². The number of rotatable bonds is 6. The number of carbonyl (C=O) groups excluding carboxylic acids is 2. The van der Waals surface area contributed by atoms with Crippen LogP contribution in [-0.4, -0.2) is 28.4 Å². The highest BCUT2D eigenvalue weighted by Gasteiger charge is 2.41. The summed E-state index contributed by atoms with van der Waals surface area (Å²) in [4.78, 5) is 35.3. The molecule has 0 heterocycles. The highest BCUT2D eigenvalue weighted by molar-refractivity contribution is 5.98. The molecule has 1 fully saturated rings. The van der Waals surface area contributed by atoms with Crippen LogP contribution >= 0.6 is 0 Å². The Labute approximate surface area is 141 Å². The third-order valence-corrected chi connectivity index (χ3v) is 4.68. The number of aliphatic carboxylic acids is 1. The summed E-state index contributed by atoms with van der Waals surface area (Å²) in [5.74, 6) is -2.43. The molecule has 1 aliphatic carbocycles. The molecule has 6 heteroatoms. The van der Waals surface area contributed by atoms with Gasteiger partial charge in [0.2, 0.25) is 5.91 Å². The maximum atomic E-state index is 12.2. The maximum Gasteiger partial charge on any atom is 0.307 e. The number of nitrogens with one attached hydrogen (secondary N) is 2.